The third-order valence-electron chi connectivity index (χ3n) is 4.07. The lowest BCUT2D eigenvalue weighted by Crippen LogP contribution is -2.40. The molecular formula is C16H23FN. The van der Waals surface area contributed by atoms with Crippen LogP contribution >= 0.6 is 0 Å². The summed E-state index contributed by atoms with van der Waals surface area (Å²) in [6, 6.07) is 8.08. The minimum atomic E-state index is -0.126. The molecule has 18 heavy (non-hydrogen) atoms. The van der Waals surface area contributed by atoms with Crippen molar-refractivity contribution in [1.82, 2.24) is 5.32 Å². The molecule has 1 saturated heterocycles. The number of hydrogen-bond donors (Lipinski definition) is 1. The topological polar surface area (TPSA) is 12.0 Å². The summed E-state index contributed by atoms with van der Waals surface area (Å²) >= 11 is 0. The second-order valence-corrected chi connectivity index (χ2v) is 5.46. The molecule has 0 spiro atoms. The summed E-state index contributed by atoms with van der Waals surface area (Å²) in [5, 5.41) is 3.71. The largest absolute Gasteiger partial charge is 0.304 e. The van der Waals surface area contributed by atoms with E-state index < -0.39 is 0 Å². The van der Waals surface area contributed by atoms with Gasteiger partial charge in [-0.15, -0.1) is 0 Å². The molecule has 0 saturated carbocycles. The quantitative estimate of drug-likeness (QED) is 0.815. The summed E-state index contributed by atoms with van der Waals surface area (Å²) in [5.41, 5.74) is 1.04. The molecule has 0 bridgehead atoms. The van der Waals surface area contributed by atoms with E-state index in [2.05, 4.69) is 25.2 Å². The molecule has 2 rings (SSSR count). The van der Waals surface area contributed by atoms with E-state index in [1.165, 1.54) is 31.7 Å². The van der Waals surface area contributed by atoms with E-state index in [0.717, 1.165) is 18.4 Å². The lowest BCUT2D eigenvalue weighted by molar-refractivity contribution is 0.302. The molecule has 1 aliphatic rings. The van der Waals surface area contributed by atoms with Crippen LogP contribution in [0.1, 0.15) is 64.0 Å². The number of benzene rings is 1. The van der Waals surface area contributed by atoms with Crippen molar-refractivity contribution in [1.29, 1.82) is 0 Å². The van der Waals surface area contributed by atoms with Crippen molar-refractivity contribution in [3.05, 3.63) is 35.6 Å². The Morgan fingerprint density at radius 3 is 2.72 bits per heavy atom. The second-order valence-electron chi connectivity index (χ2n) is 5.46. The Bertz CT molecular complexity index is 382. The van der Waals surface area contributed by atoms with Crippen LogP contribution in [0, 0.1) is 11.9 Å². The van der Waals surface area contributed by atoms with Gasteiger partial charge >= 0.3 is 0 Å². The first kappa shape index (κ1) is 13.5. The summed E-state index contributed by atoms with van der Waals surface area (Å²) < 4.78 is 13.8. The average molecular weight is 248 g/mol. The Balaban J connectivity index is 2.13. The lowest BCUT2D eigenvalue weighted by atomic mass is 9.87. The zero-order valence-electron chi connectivity index (χ0n) is 11.4. The third-order valence-corrected chi connectivity index (χ3v) is 4.07. The van der Waals surface area contributed by atoms with Crippen LogP contribution in [0.3, 0.4) is 0 Å². The molecule has 1 heterocycles. The molecule has 1 atom stereocenters. The maximum atomic E-state index is 13.8. The number of halogens is 1. The van der Waals surface area contributed by atoms with Gasteiger partial charge < -0.3 is 5.32 Å². The molecule has 1 aromatic carbocycles. The minimum Gasteiger partial charge on any atom is -0.304 e. The van der Waals surface area contributed by atoms with E-state index in [-0.39, 0.29) is 17.4 Å². The van der Waals surface area contributed by atoms with Crippen LogP contribution in [-0.2, 0) is 0 Å². The molecule has 1 N–H and O–H groups in total. The van der Waals surface area contributed by atoms with Crippen LogP contribution in [0.25, 0.3) is 0 Å². The predicted molar refractivity (Wildman–Crippen MR) is 72.9 cm³/mol. The molecule has 0 amide bonds. The van der Waals surface area contributed by atoms with Gasteiger partial charge in [-0.2, -0.15) is 0 Å². The van der Waals surface area contributed by atoms with Crippen molar-refractivity contribution >= 4 is 0 Å². The van der Waals surface area contributed by atoms with Gasteiger partial charge in [-0.3, -0.25) is 0 Å². The first-order valence-electron chi connectivity index (χ1n) is 7.14. The first-order chi connectivity index (χ1) is 8.71. The van der Waals surface area contributed by atoms with Crippen molar-refractivity contribution in [3.8, 4) is 0 Å². The van der Waals surface area contributed by atoms with Crippen LogP contribution in [0.15, 0.2) is 18.2 Å². The Morgan fingerprint density at radius 2 is 2.11 bits per heavy atom. The normalized spacial score (nSPS) is 22.3. The van der Waals surface area contributed by atoms with E-state index >= 15 is 0 Å². The van der Waals surface area contributed by atoms with Crippen LogP contribution in [0.5, 0.6) is 0 Å². The van der Waals surface area contributed by atoms with E-state index in [9.17, 15) is 4.39 Å². The molecule has 1 aliphatic heterocycles. The number of nitrogens with one attached hydrogen (secondary N) is 1. The molecular weight excluding hydrogens is 225 g/mol. The zero-order chi connectivity index (χ0) is 13.0. The maximum absolute atomic E-state index is 13.8. The average Bonchev–Trinajstić information content (AvgIpc) is 2.75. The summed E-state index contributed by atoms with van der Waals surface area (Å²) in [5.74, 6) is -0.126. The van der Waals surface area contributed by atoms with E-state index in [4.69, 9.17) is 0 Å². The van der Waals surface area contributed by atoms with Crippen LogP contribution < -0.4 is 5.32 Å². The van der Waals surface area contributed by atoms with Gasteiger partial charge in [0.25, 0.3) is 0 Å². The van der Waals surface area contributed by atoms with Crippen molar-refractivity contribution in [2.24, 2.45) is 0 Å². The fourth-order valence-electron chi connectivity index (χ4n) is 3.35. The van der Waals surface area contributed by atoms with Gasteiger partial charge in [0.05, 0.1) is 0 Å². The molecule has 0 unspecified atom stereocenters. The van der Waals surface area contributed by atoms with Crippen molar-refractivity contribution in [2.45, 2.75) is 64.0 Å². The van der Waals surface area contributed by atoms with Gasteiger partial charge in [0.15, 0.2) is 0 Å². The molecule has 99 valence electrons. The van der Waals surface area contributed by atoms with E-state index in [1.807, 2.05) is 6.07 Å². The fourth-order valence-corrected chi connectivity index (χ4v) is 3.35. The van der Waals surface area contributed by atoms with Gasteiger partial charge in [0.1, 0.15) is 5.82 Å². The Labute approximate surface area is 110 Å². The molecule has 1 radical (unpaired) electrons. The molecule has 2 heteroatoms. The first-order valence-corrected chi connectivity index (χ1v) is 7.14. The van der Waals surface area contributed by atoms with Crippen LogP contribution in [-0.4, -0.2) is 5.54 Å². The van der Waals surface area contributed by atoms with Crippen LogP contribution in [0.4, 0.5) is 4.39 Å². The minimum absolute atomic E-state index is 0.126. The smallest absolute Gasteiger partial charge is 0.128 e. The lowest BCUT2D eigenvalue weighted by Gasteiger charge is -2.30. The predicted octanol–water partition coefficient (Wildman–Crippen LogP) is 4.39. The Morgan fingerprint density at radius 1 is 1.39 bits per heavy atom. The van der Waals surface area contributed by atoms with Gasteiger partial charge in [-0.25, -0.2) is 4.39 Å². The highest BCUT2D eigenvalue weighted by Crippen LogP contribution is 2.39. The van der Waals surface area contributed by atoms with Crippen molar-refractivity contribution in [3.63, 3.8) is 0 Å². The fraction of sp³-hybridized carbons (Fsp3) is 0.625. The van der Waals surface area contributed by atoms with E-state index in [0.29, 0.717) is 0 Å². The van der Waals surface area contributed by atoms with Crippen molar-refractivity contribution in [2.75, 3.05) is 0 Å². The number of hydrogen-bond acceptors (Lipinski definition) is 1. The molecule has 1 nitrogen and oxygen atoms in total. The maximum Gasteiger partial charge on any atom is 0.128 e. The summed E-state index contributed by atoms with van der Waals surface area (Å²) in [4.78, 5) is 0. The summed E-state index contributed by atoms with van der Waals surface area (Å²) in [7, 11) is 0. The highest BCUT2D eigenvalue weighted by Gasteiger charge is 2.37. The Hall–Kier alpha value is -0.890. The highest BCUT2D eigenvalue weighted by atomic mass is 19.1. The van der Waals surface area contributed by atoms with Gasteiger partial charge in [-0.1, -0.05) is 38.8 Å². The molecule has 0 aromatic heterocycles. The summed E-state index contributed by atoms with van der Waals surface area (Å²) in [6.07, 6.45) is 6.96. The summed E-state index contributed by atoms with van der Waals surface area (Å²) in [6.45, 7) is 4.45. The van der Waals surface area contributed by atoms with E-state index in [1.54, 1.807) is 6.07 Å². The van der Waals surface area contributed by atoms with Gasteiger partial charge in [0, 0.05) is 17.1 Å². The van der Waals surface area contributed by atoms with Gasteiger partial charge in [0.2, 0.25) is 0 Å². The molecule has 1 fully saturated rings. The highest BCUT2D eigenvalue weighted by molar-refractivity contribution is 5.23. The monoisotopic (exact) mass is 248 g/mol. The Kier molecular flexibility index (Phi) is 4.39. The second kappa shape index (κ2) is 5.83. The van der Waals surface area contributed by atoms with Crippen LogP contribution in [0.2, 0.25) is 0 Å². The molecule has 1 aromatic rings. The van der Waals surface area contributed by atoms with Gasteiger partial charge in [-0.05, 0) is 37.8 Å². The molecule has 0 aliphatic carbocycles. The third kappa shape index (κ3) is 2.74. The SMILES string of the molecule is CCCC1(CCC)CC[C@H](c2cc[c]cc2F)N1. The standard InChI is InChI=1S/C16H23FN/c1-3-10-16(11-4-2)12-9-15(18-16)13-7-5-6-8-14(13)17/h5,7-8,15,18H,3-4,9-12H2,1-2H3/t15-/m1/s1. The number of rotatable bonds is 5. The van der Waals surface area contributed by atoms with Crippen molar-refractivity contribution < 1.29 is 4.39 Å². The zero-order valence-corrected chi connectivity index (χ0v) is 11.4.